The van der Waals surface area contributed by atoms with Crippen LogP contribution in [-0.2, 0) is 19.3 Å². The van der Waals surface area contributed by atoms with E-state index in [1.165, 1.54) is 94.8 Å². The zero-order valence-corrected chi connectivity index (χ0v) is 82.8. The third-order valence-corrected chi connectivity index (χ3v) is 26.3. The highest BCUT2D eigenvalue weighted by Gasteiger charge is 2.26. The topological polar surface area (TPSA) is 223 Å². The Labute approximate surface area is 829 Å². The van der Waals surface area contributed by atoms with Gasteiger partial charge in [-0.2, -0.15) is 8.78 Å². The number of hydrogen-bond donors (Lipinski definition) is 7. The van der Waals surface area contributed by atoms with E-state index in [2.05, 4.69) is 230 Å². The van der Waals surface area contributed by atoms with Gasteiger partial charge in [-0.05, 0) is 310 Å². The molecular formula is C118H111Cl2F4N17. The molecule has 23 heteroatoms. The van der Waals surface area contributed by atoms with Crippen LogP contribution in [-0.4, -0.2) is 76.3 Å². The normalized spacial score (nSPS) is 16.5. The summed E-state index contributed by atoms with van der Waals surface area (Å²) in [5, 5.41) is 15.2. The number of halogens is 6. The molecule has 12 aliphatic rings. The van der Waals surface area contributed by atoms with Crippen molar-refractivity contribution in [3.63, 3.8) is 0 Å². The molecule has 17 nitrogen and oxygen atoms in total. The van der Waals surface area contributed by atoms with E-state index >= 15 is 0 Å². The van der Waals surface area contributed by atoms with Gasteiger partial charge in [0.1, 0.15) is 21.9 Å². The van der Waals surface area contributed by atoms with Crippen LogP contribution in [0.5, 0.6) is 0 Å². The number of nitrogens with zero attached hydrogens (tertiary/aromatic N) is 10. The second kappa shape index (κ2) is 43.0. The van der Waals surface area contributed by atoms with Gasteiger partial charge < -0.3 is 35.9 Å². The molecule has 12 aliphatic heterocycles. The van der Waals surface area contributed by atoms with Gasteiger partial charge in [0.2, 0.25) is 11.9 Å². The molecule has 0 radical (unpaired) electrons. The second-order valence-corrected chi connectivity index (χ2v) is 38.0. The summed E-state index contributed by atoms with van der Waals surface area (Å²) in [6.07, 6.45) is 27.1. The summed E-state index contributed by atoms with van der Waals surface area (Å²) in [6, 6.07) is 58.7. The number of rotatable bonds is 9. The maximum Gasteiger partial charge on any atom is 0.216 e. The van der Waals surface area contributed by atoms with E-state index in [4.69, 9.17) is 23.2 Å². The summed E-state index contributed by atoms with van der Waals surface area (Å²) in [7, 11) is 0. The SMILES string of the molecule is C=C1Cc2cc(C3=C(Cl)N=C(C)C3)ccc2N1.C=C1Cc2cc(C3=C(F)N=C(C)C3)ccc2N1.C=C1Cc2cc(C3=CN=C(C)C3)ccc2N1.CC1=NC(Cl)=C(c2ccc3[nH]ccc3c2)C1.CC1=NC(F)=C(c2ccc3[nH]ccc3c2)C1.CC1=NC=C(c2ccc(C)c(F)c2)C1.CC1=NC=C(c2ccc(C)nc2C)C1.CC1=NC=C(c2ccc3[nH]ccc3c2)C1.CC1=NC=C(c2ccc3[nH]ccc3c2F)C1. The molecule has 0 spiro atoms. The molecule has 710 valence electrons. The van der Waals surface area contributed by atoms with E-state index in [0.29, 0.717) is 50.8 Å². The summed E-state index contributed by atoms with van der Waals surface area (Å²) in [4.78, 5) is 54.5. The average molecular weight is 1910 g/mol. The number of anilines is 3. The number of hydrogen-bond acceptors (Lipinski definition) is 13. The number of aliphatic imine (C=N–C) groups is 9. The molecule has 5 aromatic heterocycles. The van der Waals surface area contributed by atoms with Gasteiger partial charge >= 0.3 is 0 Å². The Balaban J connectivity index is 0.000000109. The first-order valence-corrected chi connectivity index (χ1v) is 47.9. The predicted octanol–water partition coefficient (Wildman–Crippen LogP) is 31.7. The average Bonchev–Trinajstić information content (AvgIpc) is 1.67. The van der Waals surface area contributed by atoms with Gasteiger partial charge in [0.05, 0.1) is 0 Å². The first-order chi connectivity index (χ1) is 67.9. The maximum absolute atomic E-state index is 14.2. The Bertz CT molecular complexity index is 7690. The van der Waals surface area contributed by atoms with Crippen molar-refractivity contribution in [1.82, 2.24) is 24.9 Å². The molecule has 0 amide bonds. The van der Waals surface area contributed by atoms with Gasteiger partial charge in [-0.1, -0.05) is 97.5 Å². The van der Waals surface area contributed by atoms with E-state index in [1.54, 1.807) is 37.5 Å². The van der Waals surface area contributed by atoms with Crippen LogP contribution in [0.3, 0.4) is 0 Å². The van der Waals surface area contributed by atoms with E-state index in [1.807, 2.05) is 153 Å². The van der Waals surface area contributed by atoms with Crippen LogP contribution >= 0.6 is 23.2 Å². The van der Waals surface area contributed by atoms with Crippen molar-refractivity contribution in [2.45, 2.75) is 160 Å². The number of aryl methyl sites for hydroxylation is 3. The van der Waals surface area contributed by atoms with Crippen LogP contribution in [0.25, 0.3) is 93.8 Å². The molecule has 0 saturated heterocycles. The lowest BCUT2D eigenvalue weighted by Crippen LogP contribution is -1.95. The van der Waals surface area contributed by atoms with Gasteiger partial charge in [-0.15, -0.1) is 0 Å². The fourth-order valence-corrected chi connectivity index (χ4v) is 19.0. The van der Waals surface area contributed by atoms with Crippen molar-refractivity contribution in [3.05, 3.63) is 386 Å². The number of nitrogens with one attached hydrogen (secondary N) is 7. The number of allylic oxidation sites excluding steroid dienone is 12. The minimum atomic E-state index is -0.341. The summed E-state index contributed by atoms with van der Waals surface area (Å²) >= 11 is 12.3. The van der Waals surface area contributed by atoms with E-state index in [9.17, 15) is 17.6 Å². The van der Waals surface area contributed by atoms with E-state index in [0.717, 1.165) is 205 Å². The Kier molecular flexibility index (Phi) is 29.7. The molecule has 0 bridgehead atoms. The van der Waals surface area contributed by atoms with Gasteiger partial charge in [0.25, 0.3) is 0 Å². The van der Waals surface area contributed by atoms with Crippen LogP contribution < -0.4 is 16.0 Å². The summed E-state index contributed by atoms with van der Waals surface area (Å²) in [5.41, 5.74) is 46.2. The molecule has 8 aromatic carbocycles. The van der Waals surface area contributed by atoms with Gasteiger partial charge in [0.15, 0.2) is 0 Å². The fraction of sp³-hybridized carbons (Fsp3) is 0.203. The smallest absolute Gasteiger partial charge is 0.216 e. The molecule has 0 aliphatic carbocycles. The molecule has 0 fully saturated rings. The molecule has 7 N–H and O–H groups in total. The number of pyridine rings is 1. The minimum Gasteiger partial charge on any atom is -0.361 e. The molecule has 0 saturated carbocycles. The number of fused-ring (bicyclic) bond motifs is 7. The zero-order valence-electron chi connectivity index (χ0n) is 81.3. The number of benzene rings is 8. The quantitative estimate of drug-likeness (QED) is 0.0553. The van der Waals surface area contributed by atoms with E-state index in [-0.39, 0.29) is 23.5 Å². The molecule has 0 atom stereocenters. The highest BCUT2D eigenvalue weighted by molar-refractivity contribution is 6.35. The van der Waals surface area contributed by atoms with Crippen LogP contribution in [0.1, 0.15) is 204 Å². The molecular weight excluding hydrogens is 1800 g/mol. The van der Waals surface area contributed by atoms with Gasteiger partial charge in [0, 0.05) is 291 Å². The lowest BCUT2D eigenvalue weighted by molar-refractivity contribution is 0.618. The monoisotopic (exact) mass is 1910 g/mol. The lowest BCUT2D eigenvalue weighted by Gasteiger charge is -2.06. The predicted molar refractivity (Wildman–Crippen MR) is 588 cm³/mol. The van der Waals surface area contributed by atoms with Crippen molar-refractivity contribution >= 4 is 185 Å². The molecule has 25 rings (SSSR count). The van der Waals surface area contributed by atoms with Crippen molar-refractivity contribution in [3.8, 4) is 0 Å². The molecule has 141 heavy (non-hydrogen) atoms. The standard InChI is InChI=1S/C14H13ClN2.C14H13FN2.C14H14N2.C13H11ClN2.2C13H11FN2.C13H12N2.C12H12FN.C12H14N2/c2*1-8-5-11-7-10(3-4-13(11)16-8)12-6-9(2)17-14(12)15;1-9-5-13(8-15-9)11-3-4-14-12(7-11)6-10(2)16-14;1-8-6-11(13(14)16-8)9-2-3-12-10(7-9)4-5-15-12;1-8-6-9(7-16-8)10-2-3-12-11(13(10)14)4-5-15-12;1-8-6-11(13(14)16-8)9-2-3-12-10(7-9)4-5-15-12;1-9-6-12(8-15-9)10-2-3-13-11(7-10)4-5-14-13;1-8-3-4-10(6-12(8)13)11-5-9(2)14-7-11;1-8-4-5-12(10(3)14-8)11-6-9(2)13-7-11/h2*3-4,7,16H,1,5-6H2,2H3;3-4,7-8,16H,2,5-6H2,1H3;3*2-5,7,15H,6H2,1H3;2-5,7-8,14H,6H2,1H3;3-4,6-7H,5H2,1-2H3;4-5,7H,6H2,1-3H3. The summed E-state index contributed by atoms with van der Waals surface area (Å²) < 4.78 is 54.6. The van der Waals surface area contributed by atoms with Gasteiger partial charge in [-0.25, -0.2) is 28.8 Å². The van der Waals surface area contributed by atoms with E-state index < -0.39 is 0 Å². The van der Waals surface area contributed by atoms with Crippen LogP contribution in [0, 0.1) is 32.4 Å². The van der Waals surface area contributed by atoms with Crippen molar-refractivity contribution in [1.29, 1.82) is 0 Å². The summed E-state index contributed by atoms with van der Waals surface area (Å²) in [5.74, 6) is -0.984. The number of aromatic nitrogens is 5. The van der Waals surface area contributed by atoms with Crippen molar-refractivity contribution in [2.75, 3.05) is 16.0 Å². The van der Waals surface area contributed by atoms with Crippen LogP contribution in [0.2, 0.25) is 0 Å². The minimum absolute atomic E-state index is 0.145. The zero-order chi connectivity index (χ0) is 99.0. The van der Waals surface area contributed by atoms with Crippen molar-refractivity contribution in [2.24, 2.45) is 44.9 Å². The Morgan fingerprint density at radius 3 is 1.02 bits per heavy atom. The molecule has 13 aromatic rings. The second-order valence-electron chi connectivity index (χ2n) is 37.2. The molecule has 17 heterocycles. The van der Waals surface area contributed by atoms with Crippen LogP contribution in [0.15, 0.2) is 336 Å². The Morgan fingerprint density at radius 1 is 0.291 bits per heavy atom. The first-order valence-electron chi connectivity index (χ1n) is 47.1. The first kappa shape index (κ1) is 97.3. The largest absolute Gasteiger partial charge is 0.361 e. The van der Waals surface area contributed by atoms with Gasteiger partial charge in [-0.3, -0.25) is 29.9 Å². The highest BCUT2D eigenvalue weighted by atomic mass is 35.5. The number of H-pyrrole nitrogens is 4. The lowest BCUT2D eigenvalue weighted by atomic mass is 9.99. The maximum atomic E-state index is 14.2. The van der Waals surface area contributed by atoms with Crippen LogP contribution in [0.4, 0.5) is 34.6 Å². The fourth-order valence-electron chi connectivity index (χ4n) is 18.4. The summed E-state index contributed by atoms with van der Waals surface area (Å²) in [6.45, 7) is 35.5. The highest BCUT2D eigenvalue weighted by Crippen LogP contribution is 2.42. The molecule has 0 unspecified atom stereocenters. The third kappa shape index (κ3) is 23.5. The Morgan fingerprint density at radius 2 is 0.617 bits per heavy atom. The Hall–Kier alpha value is -15.3. The third-order valence-electron chi connectivity index (χ3n) is 25.7. The number of aromatic amines is 4. The van der Waals surface area contributed by atoms with Crippen molar-refractivity contribution < 1.29 is 17.6 Å².